The molecule has 0 unspecified atom stereocenters. The maximum Gasteiger partial charge on any atom is 0.252 e. The van der Waals surface area contributed by atoms with Crippen LogP contribution in [-0.4, -0.2) is 36.7 Å². The highest BCUT2D eigenvalue weighted by Crippen LogP contribution is 2.23. The van der Waals surface area contributed by atoms with Crippen molar-refractivity contribution in [3.63, 3.8) is 0 Å². The Morgan fingerprint density at radius 1 is 1.18 bits per heavy atom. The van der Waals surface area contributed by atoms with Gasteiger partial charge in [0.1, 0.15) is 0 Å². The minimum atomic E-state index is -3.68. The number of hydrogen-bond acceptors (Lipinski definition) is 5. The second-order valence-corrected chi connectivity index (χ2v) is 9.08. The number of nitrogens with zero attached hydrogens (tertiary/aromatic N) is 1. The lowest BCUT2D eigenvalue weighted by Gasteiger charge is -2.19. The number of hydrogen-bond donors (Lipinski definition) is 2. The Hall–Kier alpha value is -2.49. The molecule has 28 heavy (non-hydrogen) atoms. The van der Waals surface area contributed by atoms with Crippen molar-refractivity contribution in [3.05, 3.63) is 62.6 Å². The monoisotopic (exact) mass is 419 g/mol. The van der Waals surface area contributed by atoms with E-state index in [2.05, 4.69) is 10.3 Å². The predicted molar refractivity (Wildman–Crippen MR) is 110 cm³/mol. The summed E-state index contributed by atoms with van der Waals surface area (Å²) in [5, 5.41) is 5.08. The van der Waals surface area contributed by atoms with E-state index < -0.39 is 21.5 Å². The molecule has 2 aromatic heterocycles. The molecule has 1 amide bonds. The van der Waals surface area contributed by atoms with E-state index in [0.29, 0.717) is 30.5 Å². The van der Waals surface area contributed by atoms with Gasteiger partial charge in [-0.3, -0.25) is 9.59 Å². The first-order valence-electron chi connectivity index (χ1n) is 8.84. The smallest absolute Gasteiger partial charge is 0.252 e. The van der Waals surface area contributed by atoms with Crippen molar-refractivity contribution in [1.29, 1.82) is 0 Å². The van der Waals surface area contributed by atoms with E-state index >= 15 is 0 Å². The molecule has 7 nitrogen and oxygen atoms in total. The van der Waals surface area contributed by atoms with Crippen molar-refractivity contribution in [2.45, 2.75) is 25.3 Å². The quantitative estimate of drug-likeness (QED) is 0.615. The summed E-state index contributed by atoms with van der Waals surface area (Å²) in [6, 6.07) is 9.38. The minimum Gasteiger partial charge on any atom is -0.347 e. The first kappa shape index (κ1) is 20.2. The maximum atomic E-state index is 12.8. The summed E-state index contributed by atoms with van der Waals surface area (Å²) in [5.74, 6) is -0.429. The van der Waals surface area contributed by atoms with Crippen LogP contribution in [0, 0.1) is 0 Å². The molecule has 0 bridgehead atoms. The predicted octanol–water partition coefficient (Wildman–Crippen LogP) is 2.55. The van der Waals surface area contributed by atoms with Crippen LogP contribution >= 0.6 is 11.3 Å². The Balaban J connectivity index is 2.04. The van der Waals surface area contributed by atoms with Crippen LogP contribution in [-0.2, 0) is 16.6 Å². The molecule has 1 aromatic carbocycles. The van der Waals surface area contributed by atoms with Crippen molar-refractivity contribution >= 4 is 38.2 Å². The van der Waals surface area contributed by atoms with Gasteiger partial charge in [-0.05, 0) is 29.6 Å². The first-order chi connectivity index (χ1) is 13.4. The third-order valence-corrected chi connectivity index (χ3v) is 7.33. The highest BCUT2D eigenvalue weighted by atomic mass is 32.2. The van der Waals surface area contributed by atoms with Crippen LogP contribution in [0.3, 0.4) is 0 Å². The topological polar surface area (TPSA) is 99.3 Å². The van der Waals surface area contributed by atoms with Gasteiger partial charge in [0.05, 0.1) is 17.0 Å². The van der Waals surface area contributed by atoms with Gasteiger partial charge in [-0.25, -0.2) is 8.42 Å². The lowest BCUT2D eigenvalue weighted by molar-refractivity contribution is 0.0952. The van der Waals surface area contributed by atoms with Crippen LogP contribution < -0.4 is 10.9 Å². The number of amides is 1. The summed E-state index contributed by atoms with van der Waals surface area (Å²) in [5.41, 5.74) is 0.132. The SMILES string of the molecule is CCN(CC)S(=O)(=O)c1ccc2[nH]c(=O)cc(C(=O)NCc3cccs3)c2c1. The molecule has 0 spiro atoms. The molecule has 0 aliphatic carbocycles. The van der Waals surface area contributed by atoms with Crippen LogP contribution in [0.2, 0.25) is 0 Å². The number of pyridine rings is 1. The number of carbonyl (C=O) groups excluding carboxylic acids is 1. The Kier molecular flexibility index (Phi) is 5.97. The lowest BCUT2D eigenvalue weighted by atomic mass is 10.1. The van der Waals surface area contributed by atoms with Crippen LogP contribution in [0.4, 0.5) is 0 Å². The van der Waals surface area contributed by atoms with Crippen LogP contribution in [0.25, 0.3) is 10.9 Å². The number of aromatic amines is 1. The number of H-pyrrole nitrogens is 1. The summed E-state index contributed by atoms with van der Waals surface area (Å²) in [6.45, 7) is 4.56. The van der Waals surface area contributed by atoms with E-state index in [1.807, 2.05) is 17.5 Å². The maximum absolute atomic E-state index is 12.8. The second kappa shape index (κ2) is 8.26. The van der Waals surface area contributed by atoms with Crippen molar-refractivity contribution in [3.8, 4) is 0 Å². The number of carbonyl (C=O) groups is 1. The molecule has 3 aromatic rings. The number of fused-ring (bicyclic) bond motifs is 1. The summed E-state index contributed by atoms with van der Waals surface area (Å²) in [6.07, 6.45) is 0. The van der Waals surface area contributed by atoms with Gasteiger partial charge in [0, 0.05) is 34.9 Å². The fourth-order valence-corrected chi connectivity index (χ4v) is 5.10. The minimum absolute atomic E-state index is 0.0862. The molecule has 0 fully saturated rings. The Morgan fingerprint density at radius 3 is 2.57 bits per heavy atom. The first-order valence-corrected chi connectivity index (χ1v) is 11.2. The summed E-state index contributed by atoms with van der Waals surface area (Å²) in [4.78, 5) is 28.4. The van der Waals surface area contributed by atoms with E-state index in [4.69, 9.17) is 0 Å². The van der Waals surface area contributed by atoms with Crippen LogP contribution in [0.5, 0.6) is 0 Å². The number of rotatable bonds is 7. The molecule has 148 valence electrons. The van der Waals surface area contributed by atoms with Gasteiger partial charge in [0.15, 0.2) is 0 Å². The number of sulfonamides is 1. The molecular formula is C19H21N3O4S2. The number of benzene rings is 1. The largest absolute Gasteiger partial charge is 0.347 e. The van der Waals surface area contributed by atoms with Gasteiger partial charge < -0.3 is 10.3 Å². The van der Waals surface area contributed by atoms with E-state index in [0.717, 1.165) is 4.88 Å². The highest BCUT2D eigenvalue weighted by molar-refractivity contribution is 7.89. The summed E-state index contributed by atoms with van der Waals surface area (Å²) < 4.78 is 27.0. The van der Waals surface area contributed by atoms with Gasteiger partial charge in [-0.1, -0.05) is 19.9 Å². The number of thiophene rings is 1. The van der Waals surface area contributed by atoms with E-state index in [9.17, 15) is 18.0 Å². The molecule has 0 aliphatic heterocycles. The Labute approximate surface area is 167 Å². The van der Waals surface area contributed by atoms with E-state index in [1.54, 1.807) is 13.8 Å². The molecule has 9 heteroatoms. The molecule has 0 atom stereocenters. The van der Waals surface area contributed by atoms with E-state index in [1.165, 1.54) is 39.9 Å². The molecule has 0 radical (unpaired) electrons. The van der Waals surface area contributed by atoms with Crippen molar-refractivity contribution in [2.75, 3.05) is 13.1 Å². The Bertz CT molecular complexity index is 1150. The second-order valence-electron chi connectivity index (χ2n) is 6.11. The molecule has 0 saturated carbocycles. The molecule has 0 saturated heterocycles. The number of aromatic nitrogens is 1. The van der Waals surface area contributed by atoms with Gasteiger partial charge in [-0.15, -0.1) is 11.3 Å². The standard InChI is InChI=1S/C19H21N3O4S2/c1-3-22(4-2)28(25,26)14-7-8-17-15(10-14)16(11-18(23)21-17)19(24)20-12-13-6-5-9-27-13/h5-11H,3-4,12H2,1-2H3,(H,20,24)(H,21,23). The fourth-order valence-electron chi connectivity index (χ4n) is 2.97. The zero-order chi connectivity index (χ0) is 20.3. The van der Waals surface area contributed by atoms with Crippen molar-refractivity contribution < 1.29 is 13.2 Å². The third-order valence-electron chi connectivity index (χ3n) is 4.41. The Morgan fingerprint density at radius 2 is 1.93 bits per heavy atom. The van der Waals surface area contributed by atoms with Gasteiger partial charge in [-0.2, -0.15) is 4.31 Å². The van der Waals surface area contributed by atoms with E-state index in [-0.39, 0.29) is 10.5 Å². The van der Waals surface area contributed by atoms with Gasteiger partial charge >= 0.3 is 0 Å². The number of nitrogens with one attached hydrogen (secondary N) is 2. The molecular weight excluding hydrogens is 398 g/mol. The molecule has 0 aliphatic rings. The highest BCUT2D eigenvalue weighted by Gasteiger charge is 2.23. The van der Waals surface area contributed by atoms with Gasteiger partial charge in [0.25, 0.3) is 5.91 Å². The molecule has 2 heterocycles. The fraction of sp³-hybridized carbons (Fsp3) is 0.263. The third kappa shape index (κ3) is 4.01. The zero-order valence-electron chi connectivity index (χ0n) is 15.6. The summed E-state index contributed by atoms with van der Waals surface area (Å²) >= 11 is 1.51. The van der Waals surface area contributed by atoms with Crippen molar-refractivity contribution in [2.24, 2.45) is 0 Å². The summed E-state index contributed by atoms with van der Waals surface area (Å²) in [7, 11) is -3.68. The van der Waals surface area contributed by atoms with Gasteiger partial charge in [0.2, 0.25) is 15.6 Å². The normalized spacial score (nSPS) is 11.8. The average Bonchev–Trinajstić information content (AvgIpc) is 3.19. The van der Waals surface area contributed by atoms with Crippen LogP contribution in [0.15, 0.2) is 51.5 Å². The van der Waals surface area contributed by atoms with Crippen molar-refractivity contribution in [1.82, 2.24) is 14.6 Å². The lowest BCUT2D eigenvalue weighted by Crippen LogP contribution is -2.30. The van der Waals surface area contributed by atoms with Crippen LogP contribution in [0.1, 0.15) is 29.1 Å². The molecule has 3 rings (SSSR count). The average molecular weight is 420 g/mol. The zero-order valence-corrected chi connectivity index (χ0v) is 17.2. The molecule has 2 N–H and O–H groups in total.